The Morgan fingerprint density at radius 2 is 0.841 bits per heavy atom. The van der Waals surface area contributed by atoms with Gasteiger partial charge in [0.1, 0.15) is 78.6 Å². The van der Waals surface area contributed by atoms with Gasteiger partial charge in [-0.2, -0.15) is 0 Å². The van der Waals surface area contributed by atoms with Crippen molar-refractivity contribution in [3.8, 4) is 0 Å². The minimum absolute atomic E-state index is 0.0769. The van der Waals surface area contributed by atoms with Gasteiger partial charge in [0, 0.05) is 57.7 Å². The average molecular weight is 1010 g/mol. The highest BCUT2D eigenvalue weighted by Gasteiger charge is 2.35. The molecule has 30 nitrogen and oxygen atoms in total. The molecule has 0 radical (unpaired) electrons. The Morgan fingerprint density at radius 1 is 0.449 bits per heavy atom. The summed E-state index contributed by atoms with van der Waals surface area (Å²) in [6.45, 7) is -1.51. The molecular weight excluding hydrogens is 938 g/mol. The molecule has 0 aliphatic carbocycles. The smallest absolute Gasteiger partial charge is 0.326 e. The van der Waals surface area contributed by atoms with E-state index in [-0.39, 0.29) is 13.0 Å². The van der Waals surface area contributed by atoms with Gasteiger partial charge in [-0.25, -0.2) is 4.79 Å². The zero-order valence-corrected chi connectivity index (χ0v) is 38.1. The number of nitrogens with one attached hydrogen (secondary N) is 5. The van der Waals surface area contributed by atoms with E-state index in [1.54, 1.807) is 7.05 Å². The van der Waals surface area contributed by atoms with Crippen molar-refractivity contribution in [1.29, 1.82) is 0 Å². The summed E-state index contributed by atoms with van der Waals surface area (Å²) in [5.74, 6) is -12.3. The number of ketones is 2. The first-order valence-corrected chi connectivity index (χ1v) is 21.3. The van der Waals surface area contributed by atoms with Gasteiger partial charge in [-0.15, -0.1) is 0 Å². The number of Topliss-reactive ketones (excluding diaryl/α,β-unsaturated/α-hetero) is 2. The van der Waals surface area contributed by atoms with Gasteiger partial charge in [0.15, 0.2) is 0 Å². The fraction of sp³-hybridized carbons (Fsp3) is 0.795. The predicted molar refractivity (Wildman–Crippen MR) is 228 cm³/mol. The van der Waals surface area contributed by atoms with Crippen LogP contribution in [-0.4, -0.2) is 266 Å². The van der Waals surface area contributed by atoms with Crippen molar-refractivity contribution in [3.63, 3.8) is 0 Å². The predicted octanol–water partition coefficient (Wildman–Crippen LogP) is -11.4. The molecule has 0 aliphatic heterocycles. The van der Waals surface area contributed by atoms with Gasteiger partial charge in [-0.1, -0.05) is 13.8 Å². The van der Waals surface area contributed by atoms with Gasteiger partial charge in [0.25, 0.3) is 0 Å². The summed E-state index contributed by atoms with van der Waals surface area (Å²) in [5.41, 5.74) is 0. The van der Waals surface area contributed by atoms with Crippen molar-refractivity contribution < 1.29 is 125 Å². The minimum atomic E-state index is -2.13. The number of aliphatic hydroxyl groups is 15. The van der Waals surface area contributed by atoms with Crippen molar-refractivity contribution in [3.05, 3.63) is 0 Å². The molecule has 0 spiro atoms. The van der Waals surface area contributed by atoms with E-state index in [4.69, 9.17) is 30.6 Å². The Bertz CT molecular complexity index is 1600. The van der Waals surface area contributed by atoms with Crippen molar-refractivity contribution in [2.24, 2.45) is 11.8 Å². The van der Waals surface area contributed by atoms with Crippen molar-refractivity contribution in [2.75, 3.05) is 46.5 Å². The van der Waals surface area contributed by atoms with Crippen LogP contribution in [0.1, 0.15) is 52.4 Å². The molecule has 16 atom stereocenters. The topological polar surface area (TPSA) is 541 Å². The standard InChI is InChI=1S/C32H54N4O20.C7H17NO5/c1-3-15(39)7-18(32(55)56)36-30(53)14(6-24(46)47)5-16(40)8-17(31(54)34-10-20(42)26(49)28(51)22(44)12-38)35-29(52)13(2)4-23(45)33-9-19(41)25(48)27(50)21(43)11-37;1-8-2-4(10)6(12)7(13)5(11)3-9/h13-14,17-22,25-28,37-38,41-44,48-51H,3-12H2,1-2H3,(H,33,45)(H,34,54)(H,35,52)(H,36,53)(H,46,47)(H,55,56);4-13H,2-3H2,1H3. The normalized spacial score (nSPS) is 18.4. The molecule has 16 unspecified atom stereocenters. The molecule has 0 aromatic carbocycles. The van der Waals surface area contributed by atoms with Gasteiger partial charge in [0.05, 0.1) is 50.5 Å². The van der Waals surface area contributed by atoms with E-state index >= 15 is 0 Å². The number of aliphatic carboxylic acids is 2. The van der Waals surface area contributed by atoms with Crippen LogP contribution in [0.5, 0.6) is 0 Å². The van der Waals surface area contributed by atoms with Crippen LogP contribution in [0.2, 0.25) is 0 Å². The third-order valence-corrected chi connectivity index (χ3v) is 10.1. The van der Waals surface area contributed by atoms with Gasteiger partial charge >= 0.3 is 11.9 Å². The van der Waals surface area contributed by atoms with Crippen molar-refractivity contribution in [2.45, 2.75) is 138 Å². The molecule has 30 heteroatoms. The Hall–Kier alpha value is -4.48. The largest absolute Gasteiger partial charge is 0.481 e. The van der Waals surface area contributed by atoms with Gasteiger partial charge < -0.3 is 113 Å². The van der Waals surface area contributed by atoms with E-state index in [1.165, 1.54) is 13.8 Å². The van der Waals surface area contributed by atoms with E-state index in [0.29, 0.717) is 0 Å². The van der Waals surface area contributed by atoms with Gasteiger partial charge in [-0.3, -0.25) is 33.6 Å². The number of aliphatic hydroxyl groups excluding tert-OH is 15. The molecule has 0 heterocycles. The average Bonchev–Trinajstić information content (AvgIpc) is 3.31. The molecule has 0 aromatic rings. The number of hydrogen-bond acceptors (Lipinski definition) is 24. The van der Waals surface area contributed by atoms with E-state index < -0.39 is 209 Å². The lowest BCUT2D eigenvalue weighted by atomic mass is 9.93. The number of carboxylic acid groups (broad SMARTS) is 2. The maximum Gasteiger partial charge on any atom is 0.326 e. The van der Waals surface area contributed by atoms with Crippen molar-refractivity contribution in [1.82, 2.24) is 26.6 Å². The van der Waals surface area contributed by atoms with Gasteiger partial charge in [0.2, 0.25) is 23.6 Å². The summed E-state index contributed by atoms with van der Waals surface area (Å²) in [6, 6.07) is -3.66. The summed E-state index contributed by atoms with van der Waals surface area (Å²) in [5, 5.41) is 171. The van der Waals surface area contributed by atoms with Crippen LogP contribution in [0.4, 0.5) is 0 Å². The number of carboxylic acids is 2. The van der Waals surface area contributed by atoms with Crippen LogP contribution >= 0.6 is 0 Å². The molecule has 402 valence electrons. The molecule has 0 saturated carbocycles. The molecule has 0 bridgehead atoms. The van der Waals surface area contributed by atoms with Crippen molar-refractivity contribution >= 4 is 47.1 Å². The maximum atomic E-state index is 13.2. The van der Waals surface area contributed by atoms with Crippen LogP contribution in [-0.2, 0) is 38.4 Å². The quantitative estimate of drug-likeness (QED) is 0.0280. The van der Waals surface area contributed by atoms with E-state index in [2.05, 4.69) is 21.3 Å². The SMILES string of the molecule is CCC(=O)CC(NC(=O)C(CC(=O)O)CC(=O)CC(NC(=O)C(C)CC(=O)NCC(O)C(O)C(O)C(O)CO)C(=O)NCC(O)C(O)C(O)C(O)CO)C(=O)O.CNCC(O)C(O)C(O)C(O)CO. The van der Waals surface area contributed by atoms with Crippen LogP contribution < -0.4 is 26.6 Å². The second-order valence-electron chi connectivity index (χ2n) is 15.9. The highest BCUT2D eigenvalue weighted by molar-refractivity contribution is 5.96. The first-order valence-electron chi connectivity index (χ1n) is 21.3. The number of carbonyl (C=O) groups is 8. The molecule has 0 aliphatic rings. The summed E-state index contributed by atoms with van der Waals surface area (Å²) in [7, 11) is 1.57. The lowest BCUT2D eigenvalue weighted by Crippen LogP contribution is -2.54. The Kier molecular flexibility index (Phi) is 33.5. The molecule has 4 amide bonds. The van der Waals surface area contributed by atoms with Gasteiger partial charge in [-0.05, 0) is 7.05 Å². The zero-order valence-electron chi connectivity index (χ0n) is 38.1. The third kappa shape index (κ3) is 25.8. The highest BCUT2D eigenvalue weighted by atomic mass is 16.4. The summed E-state index contributed by atoms with van der Waals surface area (Å²) < 4.78 is 0. The fourth-order valence-corrected chi connectivity index (χ4v) is 5.69. The maximum absolute atomic E-state index is 13.2. The van der Waals surface area contributed by atoms with Crippen LogP contribution in [0.3, 0.4) is 0 Å². The molecule has 0 fully saturated rings. The second-order valence-corrected chi connectivity index (χ2v) is 15.9. The zero-order chi connectivity index (χ0) is 53.9. The lowest BCUT2D eigenvalue weighted by Gasteiger charge is -2.27. The number of hydrogen-bond donors (Lipinski definition) is 22. The molecule has 0 aromatic heterocycles. The van der Waals surface area contributed by atoms with Crippen LogP contribution in [0.25, 0.3) is 0 Å². The Morgan fingerprint density at radius 3 is 1.23 bits per heavy atom. The second kappa shape index (κ2) is 34.8. The fourth-order valence-electron chi connectivity index (χ4n) is 5.69. The highest BCUT2D eigenvalue weighted by Crippen LogP contribution is 2.15. The van der Waals surface area contributed by atoms with E-state index in [9.17, 15) is 94.5 Å². The lowest BCUT2D eigenvalue weighted by molar-refractivity contribution is -0.145. The molecule has 69 heavy (non-hydrogen) atoms. The van der Waals surface area contributed by atoms with Crippen LogP contribution in [0, 0.1) is 11.8 Å². The molecule has 0 rings (SSSR count). The molecule has 0 saturated heterocycles. The number of amides is 4. The first kappa shape index (κ1) is 66.6. The molecular formula is C39H71N5O25. The summed E-state index contributed by atoms with van der Waals surface area (Å²) >= 11 is 0. The molecule has 22 N–H and O–H groups in total. The number of likely N-dealkylation sites (N-methyl/N-ethyl adjacent to an activating group) is 1. The Labute approximate surface area is 394 Å². The Balaban J connectivity index is 0. The first-order chi connectivity index (χ1) is 32.0. The van der Waals surface area contributed by atoms with E-state index in [1.807, 2.05) is 5.32 Å². The monoisotopic (exact) mass is 1010 g/mol. The van der Waals surface area contributed by atoms with E-state index in [0.717, 1.165) is 0 Å². The minimum Gasteiger partial charge on any atom is -0.481 e. The number of carbonyl (C=O) groups excluding carboxylic acids is 6. The summed E-state index contributed by atoms with van der Waals surface area (Å²) in [4.78, 5) is 99.7. The van der Waals surface area contributed by atoms with Crippen LogP contribution in [0.15, 0.2) is 0 Å². The third-order valence-electron chi connectivity index (χ3n) is 10.1. The summed E-state index contributed by atoms with van der Waals surface area (Å²) in [6.07, 6.45) is -25.7. The number of rotatable bonds is 35.